The predicted octanol–water partition coefficient (Wildman–Crippen LogP) is 6.68. The van der Waals surface area contributed by atoms with Crippen molar-refractivity contribution in [2.75, 3.05) is 0 Å². The molecule has 1 unspecified atom stereocenters. The summed E-state index contributed by atoms with van der Waals surface area (Å²) < 4.78 is 1.46. The van der Waals surface area contributed by atoms with Crippen LogP contribution >= 0.6 is 22.6 Å². The Morgan fingerprint density at radius 1 is 1.42 bits per heavy atom. The quantitative estimate of drug-likeness (QED) is 0.472. The van der Waals surface area contributed by atoms with Crippen molar-refractivity contribution in [3.63, 3.8) is 0 Å². The summed E-state index contributed by atoms with van der Waals surface area (Å²) in [4.78, 5) is 0. The van der Waals surface area contributed by atoms with Crippen LogP contribution in [0, 0.1) is 17.3 Å². The zero-order valence-electron chi connectivity index (χ0n) is 13.4. The smallest absolute Gasteiger partial charge is 0.00315 e. The third-order valence-corrected chi connectivity index (χ3v) is 5.56. The average Bonchev–Trinajstić information content (AvgIpc) is 2.49. The molecule has 0 aliphatic heterocycles. The molecule has 0 heterocycles. The molecular weight excluding hydrogens is 343 g/mol. The van der Waals surface area contributed by atoms with Crippen molar-refractivity contribution in [2.24, 2.45) is 17.3 Å². The van der Waals surface area contributed by atoms with E-state index in [-0.39, 0.29) is 5.41 Å². The topological polar surface area (TPSA) is 0 Å². The van der Waals surface area contributed by atoms with Gasteiger partial charge in [-0.05, 0) is 80.8 Å². The first-order valence-corrected chi connectivity index (χ1v) is 8.55. The Kier molecular flexibility index (Phi) is 5.91. The Labute approximate surface area is 133 Å². The molecule has 0 N–H and O–H groups in total. The molecule has 1 aliphatic rings. The summed E-state index contributed by atoms with van der Waals surface area (Å²) in [5.74, 6) is 1.31. The molecule has 1 rings (SSSR count). The van der Waals surface area contributed by atoms with E-state index in [2.05, 4.69) is 76.8 Å². The largest absolute Gasteiger partial charge is 0.0952 e. The van der Waals surface area contributed by atoms with E-state index in [4.69, 9.17) is 0 Å². The van der Waals surface area contributed by atoms with Gasteiger partial charge in [-0.3, -0.25) is 0 Å². The Morgan fingerprint density at radius 2 is 2.00 bits per heavy atom. The fraction of sp³-hybridized carbons (Fsp3) is 0.667. The molecule has 1 atom stereocenters. The molecule has 0 aromatic carbocycles. The molecule has 0 radical (unpaired) electrons. The molecule has 0 fully saturated rings. The van der Waals surface area contributed by atoms with Gasteiger partial charge in [0.2, 0.25) is 0 Å². The number of allylic oxidation sites excluding steroid dienone is 5. The fourth-order valence-corrected chi connectivity index (χ4v) is 3.81. The van der Waals surface area contributed by atoms with Crippen LogP contribution in [0.2, 0.25) is 0 Å². The Balaban J connectivity index is 3.14. The third-order valence-electron chi connectivity index (χ3n) is 4.50. The second kappa shape index (κ2) is 6.60. The highest BCUT2D eigenvalue weighted by Crippen LogP contribution is 2.55. The van der Waals surface area contributed by atoms with Gasteiger partial charge in [0.05, 0.1) is 0 Å². The van der Waals surface area contributed by atoms with Crippen LogP contribution in [0.5, 0.6) is 0 Å². The van der Waals surface area contributed by atoms with Crippen LogP contribution < -0.4 is 0 Å². The Bertz CT molecular complexity index is 407. The second-order valence-electron chi connectivity index (χ2n) is 6.65. The molecule has 0 saturated heterocycles. The number of hydrogen-bond donors (Lipinski definition) is 0. The highest BCUT2D eigenvalue weighted by atomic mass is 127. The van der Waals surface area contributed by atoms with Gasteiger partial charge in [0.15, 0.2) is 0 Å². The SMILES string of the molecule is C=C1C(CC)=C(CC(C)C)C(C)(C)C1C/C(I)=C\C. The van der Waals surface area contributed by atoms with E-state index in [1.165, 1.54) is 15.6 Å². The minimum Gasteiger partial charge on any atom is -0.0952 e. The lowest BCUT2D eigenvalue weighted by atomic mass is 9.73. The Morgan fingerprint density at radius 3 is 2.42 bits per heavy atom. The predicted molar refractivity (Wildman–Crippen MR) is 95.6 cm³/mol. The number of rotatable bonds is 5. The van der Waals surface area contributed by atoms with E-state index >= 15 is 0 Å². The van der Waals surface area contributed by atoms with Gasteiger partial charge in [-0.2, -0.15) is 0 Å². The lowest BCUT2D eigenvalue weighted by Crippen LogP contribution is -2.23. The minimum absolute atomic E-state index is 0.270. The van der Waals surface area contributed by atoms with Gasteiger partial charge in [-0.15, -0.1) is 0 Å². The van der Waals surface area contributed by atoms with Gasteiger partial charge in [-0.1, -0.05) is 52.8 Å². The van der Waals surface area contributed by atoms with E-state index in [0.29, 0.717) is 5.92 Å². The molecule has 0 aromatic rings. The van der Waals surface area contributed by atoms with Gasteiger partial charge in [0.25, 0.3) is 0 Å². The van der Waals surface area contributed by atoms with Crippen molar-refractivity contribution in [2.45, 2.75) is 60.8 Å². The van der Waals surface area contributed by atoms with Crippen molar-refractivity contribution in [1.82, 2.24) is 0 Å². The maximum atomic E-state index is 4.44. The molecule has 0 amide bonds. The van der Waals surface area contributed by atoms with E-state index in [1.807, 2.05) is 0 Å². The van der Waals surface area contributed by atoms with Crippen molar-refractivity contribution in [3.05, 3.63) is 33.0 Å². The molecule has 0 spiro atoms. The first-order valence-electron chi connectivity index (χ1n) is 7.47. The van der Waals surface area contributed by atoms with Crippen LogP contribution in [0.4, 0.5) is 0 Å². The number of hydrogen-bond acceptors (Lipinski definition) is 0. The molecule has 108 valence electrons. The molecule has 1 heteroatoms. The molecule has 0 saturated carbocycles. The van der Waals surface area contributed by atoms with Gasteiger partial charge < -0.3 is 0 Å². The van der Waals surface area contributed by atoms with Crippen molar-refractivity contribution in [3.8, 4) is 0 Å². The molecule has 1 aliphatic carbocycles. The van der Waals surface area contributed by atoms with Crippen molar-refractivity contribution < 1.29 is 0 Å². The highest BCUT2D eigenvalue weighted by molar-refractivity contribution is 14.1. The summed E-state index contributed by atoms with van der Waals surface area (Å²) in [6.45, 7) is 18.3. The fourth-order valence-electron chi connectivity index (χ4n) is 3.37. The van der Waals surface area contributed by atoms with E-state index in [9.17, 15) is 0 Å². The normalized spacial score (nSPS) is 23.7. The van der Waals surface area contributed by atoms with Crippen LogP contribution in [0.15, 0.2) is 33.0 Å². The average molecular weight is 372 g/mol. The van der Waals surface area contributed by atoms with Gasteiger partial charge in [0.1, 0.15) is 0 Å². The maximum Gasteiger partial charge on any atom is -0.00315 e. The zero-order chi connectivity index (χ0) is 14.8. The minimum atomic E-state index is 0.270. The zero-order valence-corrected chi connectivity index (χ0v) is 15.6. The summed E-state index contributed by atoms with van der Waals surface area (Å²) >= 11 is 2.47. The first-order chi connectivity index (χ1) is 8.75. The molecule has 0 aromatic heterocycles. The van der Waals surface area contributed by atoms with E-state index < -0.39 is 0 Å². The summed E-state index contributed by atoms with van der Waals surface area (Å²) in [5, 5.41) is 0. The summed E-state index contributed by atoms with van der Waals surface area (Å²) in [5.41, 5.74) is 4.90. The van der Waals surface area contributed by atoms with E-state index in [1.54, 1.807) is 11.1 Å². The second-order valence-corrected chi connectivity index (χ2v) is 8.03. The van der Waals surface area contributed by atoms with Gasteiger partial charge in [0, 0.05) is 0 Å². The molecule has 19 heavy (non-hydrogen) atoms. The third kappa shape index (κ3) is 3.53. The number of halogens is 1. The Hall–Kier alpha value is -0.0500. The standard InChI is InChI=1S/C18H29I/c1-8-14(19)11-16-13(5)15(9-2)17(10-12(3)4)18(16,6)7/h8,12,16H,5,9-11H2,1-4,6-7H3/b14-8+. The lowest BCUT2D eigenvalue weighted by molar-refractivity contribution is 0.315. The van der Waals surface area contributed by atoms with Crippen LogP contribution in [0.1, 0.15) is 60.8 Å². The van der Waals surface area contributed by atoms with Crippen molar-refractivity contribution >= 4 is 22.6 Å². The van der Waals surface area contributed by atoms with E-state index in [0.717, 1.165) is 18.8 Å². The summed E-state index contributed by atoms with van der Waals surface area (Å²) in [6, 6.07) is 0. The maximum absolute atomic E-state index is 4.44. The lowest BCUT2D eigenvalue weighted by Gasteiger charge is -2.32. The molecule has 0 bridgehead atoms. The summed E-state index contributed by atoms with van der Waals surface area (Å²) in [7, 11) is 0. The molecular formula is C18H29I. The van der Waals surface area contributed by atoms with Crippen LogP contribution in [0.3, 0.4) is 0 Å². The molecule has 0 nitrogen and oxygen atoms in total. The monoisotopic (exact) mass is 372 g/mol. The highest BCUT2D eigenvalue weighted by Gasteiger charge is 2.42. The van der Waals surface area contributed by atoms with Gasteiger partial charge in [-0.25, -0.2) is 0 Å². The first kappa shape index (κ1) is 17.0. The van der Waals surface area contributed by atoms with Gasteiger partial charge >= 0.3 is 0 Å². The van der Waals surface area contributed by atoms with Crippen LogP contribution in [0.25, 0.3) is 0 Å². The van der Waals surface area contributed by atoms with Crippen molar-refractivity contribution in [1.29, 1.82) is 0 Å². The van der Waals surface area contributed by atoms with Crippen LogP contribution in [-0.4, -0.2) is 0 Å². The summed E-state index contributed by atoms with van der Waals surface area (Å²) in [6.07, 6.45) is 5.73. The van der Waals surface area contributed by atoms with Crippen LogP contribution in [-0.2, 0) is 0 Å².